The van der Waals surface area contributed by atoms with Gasteiger partial charge >= 0.3 is 6.03 Å². The number of anilines is 2. The van der Waals surface area contributed by atoms with E-state index in [1.54, 1.807) is 43.1 Å². The lowest BCUT2D eigenvalue weighted by molar-refractivity contribution is 0.0373. The van der Waals surface area contributed by atoms with Crippen LogP contribution in [-0.4, -0.2) is 81.3 Å². The van der Waals surface area contributed by atoms with Gasteiger partial charge < -0.3 is 29.7 Å². The molecule has 1 aliphatic rings. The first-order valence-electron chi connectivity index (χ1n) is 13.5. The van der Waals surface area contributed by atoms with Crippen molar-refractivity contribution in [2.45, 2.75) is 30.9 Å². The largest absolute Gasteiger partial charge is 0.497 e. The van der Waals surface area contributed by atoms with Gasteiger partial charge in [-0.25, -0.2) is 13.2 Å². The number of methoxy groups -OCH3 is 1. The summed E-state index contributed by atoms with van der Waals surface area (Å²) in [7, 11) is -0.956. The summed E-state index contributed by atoms with van der Waals surface area (Å²) in [6, 6.07) is 18.7. The number of likely N-dealkylation sites (N-methyl/N-ethyl adjacent to an activating group) is 1. The summed E-state index contributed by atoms with van der Waals surface area (Å²) in [5.74, 6) is -0.155. The third-order valence-electron chi connectivity index (χ3n) is 7.13. The summed E-state index contributed by atoms with van der Waals surface area (Å²) in [6.07, 6.45) is -0.636. The highest BCUT2D eigenvalue weighted by Gasteiger charge is 2.35. The lowest BCUT2D eigenvalue weighted by atomic mass is 9.99. The molecule has 3 N–H and O–H groups in total. The van der Waals surface area contributed by atoms with Crippen molar-refractivity contribution in [3.63, 3.8) is 0 Å². The minimum Gasteiger partial charge on any atom is -0.497 e. The molecule has 0 saturated carbocycles. The molecule has 3 aromatic rings. The van der Waals surface area contributed by atoms with Gasteiger partial charge in [-0.05, 0) is 55.5 Å². The molecule has 0 spiro atoms. The fourth-order valence-electron chi connectivity index (χ4n) is 4.59. The highest BCUT2D eigenvalue weighted by molar-refractivity contribution is 7.92. The number of para-hydroxylation sites is 2. The highest BCUT2D eigenvalue weighted by atomic mass is 32.2. The van der Waals surface area contributed by atoms with Crippen molar-refractivity contribution in [2.75, 3.05) is 43.9 Å². The Kier molecular flexibility index (Phi) is 9.59. The topological polar surface area (TPSA) is 138 Å². The van der Waals surface area contributed by atoms with E-state index in [9.17, 15) is 23.1 Å². The number of amides is 3. The standard InChI is InChI=1S/C30H36N4O7S/c1-20-17-34(21(2)19-35)29(36)25-11-8-12-26(32-42(38,39)24-15-13-23(40-4)14-16-24)28(25)41-27(20)18-33(3)30(37)31-22-9-6-5-7-10-22/h5-16,20-21,27,32,35H,17-19H2,1-4H3,(H,31,37)/t20-,21-,27-/m0/s1. The number of carbonyl (C=O) groups is 2. The first-order valence-corrected chi connectivity index (χ1v) is 15.0. The zero-order chi connectivity index (χ0) is 30.4. The molecule has 3 amide bonds. The van der Waals surface area contributed by atoms with E-state index in [4.69, 9.17) is 9.47 Å². The van der Waals surface area contributed by atoms with Crippen LogP contribution in [0, 0.1) is 5.92 Å². The zero-order valence-corrected chi connectivity index (χ0v) is 24.8. The fraction of sp³-hybridized carbons (Fsp3) is 0.333. The summed E-state index contributed by atoms with van der Waals surface area (Å²) in [6.45, 7) is 3.74. The molecule has 1 heterocycles. The van der Waals surface area contributed by atoms with Crippen LogP contribution in [0.2, 0.25) is 0 Å². The maximum absolute atomic E-state index is 13.7. The number of fused-ring (bicyclic) bond motifs is 1. The zero-order valence-electron chi connectivity index (χ0n) is 24.0. The Morgan fingerprint density at radius 2 is 1.81 bits per heavy atom. The molecule has 0 saturated heterocycles. The van der Waals surface area contributed by atoms with Gasteiger partial charge in [0.15, 0.2) is 5.75 Å². The Morgan fingerprint density at radius 3 is 2.45 bits per heavy atom. The number of aliphatic hydroxyl groups excluding tert-OH is 1. The first-order chi connectivity index (χ1) is 20.0. The monoisotopic (exact) mass is 596 g/mol. The van der Waals surface area contributed by atoms with E-state index in [1.807, 2.05) is 25.1 Å². The van der Waals surface area contributed by atoms with Gasteiger partial charge in [0.25, 0.3) is 15.9 Å². The Labute approximate surface area is 246 Å². The van der Waals surface area contributed by atoms with E-state index in [1.165, 1.54) is 42.3 Å². The van der Waals surface area contributed by atoms with Gasteiger partial charge in [0.2, 0.25) is 0 Å². The van der Waals surface area contributed by atoms with Crippen LogP contribution in [0.15, 0.2) is 77.7 Å². The number of nitrogens with zero attached hydrogens (tertiary/aromatic N) is 2. The van der Waals surface area contributed by atoms with Gasteiger partial charge in [0.05, 0.1) is 42.4 Å². The maximum atomic E-state index is 13.7. The number of ether oxygens (including phenoxy) is 2. The Hall–Kier alpha value is -4.29. The van der Waals surface area contributed by atoms with Crippen molar-refractivity contribution in [3.05, 3.63) is 78.4 Å². The number of urea groups is 1. The number of carbonyl (C=O) groups excluding carboxylic acids is 2. The molecule has 12 heteroatoms. The molecule has 11 nitrogen and oxygen atoms in total. The number of rotatable bonds is 9. The van der Waals surface area contributed by atoms with E-state index in [2.05, 4.69) is 10.0 Å². The molecule has 0 aromatic heterocycles. The second-order valence-corrected chi connectivity index (χ2v) is 11.9. The Bertz CT molecular complexity index is 1500. The molecule has 224 valence electrons. The quantitative estimate of drug-likeness (QED) is 0.341. The van der Waals surface area contributed by atoms with E-state index < -0.39 is 28.1 Å². The van der Waals surface area contributed by atoms with Crippen LogP contribution >= 0.6 is 0 Å². The van der Waals surface area contributed by atoms with Gasteiger partial charge in [0, 0.05) is 25.2 Å². The van der Waals surface area contributed by atoms with Crippen LogP contribution in [-0.2, 0) is 10.0 Å². The van der Waals surface area contributed by atoms with Crippen LogP contribution in [0.5, 0.6) is 11.5 Å². The minimum absolute atomic E-state index is 0.00385. The second kappa shape index (κ2) is 13.1. The number of benzene rings is 3. The van der Waals surface area contributed by atoms with E-state index in [0.29, 0.717) is 11.4 Å². The van der Waals surface area contributed by atoms with Crippen molar-refractivity contribution in [3.8, 4) is 11.5 Å². The molecule has 3 atom stereocenters. The highest BCUT2D eigenvalue weighted by Crippen LogP contribution is 2.36. The fourth-order valence-corrected chi connectivity index (χ4v) is 5.66. The van der Waals surface area contributed by atoms with Crippen LogP contribution in [0.3, 0.4) is 0 Å². The van der Waals surface area contributed by atoms with Crippen molar-refractivity contribution >= 4 is 33.3 Å². The minimum atomic E-state index is -4.07. The summed E-state index contributed by atoms with van der Waals surface area (Å²) in [5, 5.41) is 12.7. The molecule has 4 rings (SSSR count). The normalized spacial score (nSPS) is 17.6. The summed E-state index contributed by atoms with van der Waals surface area (Å²) in [4.78, 5) is 29.7. The SMILES string of the molecule is COc1ccc(S(=O)(=O)Nc2cccc3c2O[C@@H](CN(C)C(=O)Nc2ccccc2)[C@@H](C)CN([C@@H](C)CO)C3=O)cc1. The van der Waals surface area contributed by atoms with Gasteiger partial charge in [-0.3, -0.25) is 9.52 Å². The average Bonchev–Trinajstić information content (AvgIpc) is 2.99. The molecule has 3 aromatic carbocycles. The second-order valence-electron chi connectivity index (χ2n) is 10.3. The van der Waals surface area contributed by atoms with E-state index >= 15 is 0 Å². The number of hydrogen-bond donors (Lipinski definition) is 3. The van der Waals surface area contributed by atoms with Crippen LogP contribution in [0.4, 0.5) is 16.2 Å². The molecule has 0 unspecified atom stereocenters. The number of aliphatic hydroxyl groups is 1. The summed E-state index contributed by atoms with van der Waals surface area (Å²) < 4.78 is 40.8. The summed E-state index contributed by atoms with van der Waals surface area (Å²) in [5.41, 5.74) is 0.845. The van der Waals surface area contributed by atoms with E-state index in [0.717, 1.165) is 0 Å². The van der Waals surface area contributed by atoms with Crippen molar-refractivity contribution < 1.29 is 32.6 Å². The van der Waals surface area contributed by atoms with Crippen LogP contribution in [0.1, 0.15) is 24.2 Å². The van der Waals surface area contributed by atoms with Crippen molar-refractivity contribution in [2.24, 2.45) is 5.92 Å². The predicted octanol–water partition coefficient (Wildman–Crippen LogP) is 3.88. The number of nitrogens with one attached hydrogen (secondary N) is 2. The van der Waals surface area contributed by atoms with Gasteiger partial charge in [-0.1, -0.05) is 31.2 Å². The molecule has 0 fully saturated rings. The Morgan fingerprint density at radius 1 is 1.12 bits per heavy atom. The van der Waals surface area contributed by atoms with E-state index in [-0.39, 0.29) is 53.5 Å². The first kappa shape index (κ1) is 30.7. The molecular weight excluding hydrogens is 560 g/mol. The number of sulfonamides is 1. The van der Waals surface area contributed by atoms with Gasteiger partial charge in [0.1, 0.15) is 11.9 Å². The summed E-state index contributed by atoms with van der Waals surface area (Å²) >= 11 is 0. The lowest BCUT2D eigenvalue weighted by Gasteiger charge is -2.38. The van der Waals surface area contributed by atoms with Crippen LogP contribution < -0.4 is 19.5 Å². The molecule has 0 aliphatic carbocycles. The number of hydrogen-bond acceptors (Lipinski definition) is 7. The average molecular weight is 597 g/mol. The van der Waals surface area contributed by atoms with Gasteiger partial charge in [-0.2, -0.15) is 0 Å². The van der Waals surface area contributed by atoms with Crippen molar-refractivity contribution in [1.29, 1.82) is 0 Å². The molecular formula is C30H36N4O7S. The molecule has 0 bridgehead atoms. The smallest absolute Gasteiger partial charge is 0.321 e. The van der Waals surface area contributed by atoms with Gasteiger partial charge in [-0.15, -0.1) is 0 Å². The third kappa shape index (κ3) is 6.94. The molecule has 0 radical (unpaired) electrons. The molecule has 42 heavy (non-hydrogen) atoms. The third-order valence-corrected chi connectivity index (χ3v) is 8.51. The predicted molar refractivity (Wildman–Crippen MR) is 159 cm³/mol. The maximum Gasteiger partial charge on any atom is 0.321 e. The van der Waals surface area contributed by atoms with Crippen LogP contribution in [0.25, 0.3) is 0 Å². The lowest BCUT2D eigenvalue weighted by Crippen LogP contribution is -2.50. The molecule has 1 aliphatic heterocycles. The Balaban J connectivity index is 1.69. The van der Waals surface area contributed by atoms with Crippen molar-refractivity contribution in [1.82, 2.24) is 9.80 Å².